The summed E-state index contributed by atoms with van der Waals surface area (Å²) < 4.78 is 20.2. The normalized spacial score (nSPS) is 19.7. The SMILES string of the molecule is CC[C@@H]1CN(C)CC[C@H]1NC(=O)c1cc(Oc2ccc(CCN)cc2)ccc1F. The molecular formula is C23H30FN3O2. The predicted molar refractivity (Wildman–Crippen MR) is 113 cm³/mol. The van der Waals surface area contributed by atoms with E-state index in [2.05, 4.69) is 24.2 Å². The van der Waals surface area contributed by atoms with E-state index < -0.39 is 5.82 Å². The highest BCUT2D eigenvalue weighted by Crippen LogP contribution is 2.25. The molecule has 1 amide bonds. The van der Waals surface area contributed by atoms with Gasteiger partial charge in [-0.1, -0.05) is 25.5 Å². The van der Waals surface area contributed by atoms with E-state index >= 15 is 0 Å². The van der Waals surface area contributed by atoms with E-state index in [1.165, 1.54) is 18.2 Å². The standard InChI is InChI=1S/C23H30FN3O2/c1-3-17-15-27(2)13-11-22(17)26-23(28)20-14-19(8-9-21(20)24)29-18-6-4-16(5-7-18)10-12-25/h4-9,14,17,22H,3,10-13,15,25H2,1-2H3,(H,26,28)/t17-,22-/m1/s1. The number of halogens is 1. The van der Waals surface area contributed by atoms with Gasteiger partial charge >= 0.3 is 0 Å². The third-order valence-electron chi connectivity index (χ3n) is 5.55. The zero-order valence-electron chi connectivity index (χ0n) is 17.2. The second-order valence-corrected chi connectivity index (χ2v) is 7.73. The molecule has 0 aromatic heterocycles. The lowest BCUT2D eigenvalue weighted by Crippen LogP contribution is -2.49. The van der Waals surface area contributed by atoms with E-state index in [9.17, 15) is 9.18 Å². The van der Waals surface area contributed by atoms with Crippen LogP contribution in [0.5, 0.6) is 11.5 Å². The average molecular weight is 400 g/mol. The molecule has 2 aromatic rings. The number of benzene rings is 2. The van der Waals surface area contributed by atoms with Crippen LogP contribution in [0.2, 0.25) is 0 Å². The Hall–Kier alpha value is -2.44. The molecule has 6 heteroatoms. The monoisotopic (exact) mass is 399 g/mol. The van der Waals surface area contributed by atoms with Gasteiger partial charge in [0.25, 0.3) is 5.91 Å². The Kier molecular flexibility index (Phi) is 7.23. The molecule has 3 N–H and O–H groups in total. The number of hydrogen-bond donors (Lipinski definition) is 2. The lowest BCUT2D eigenvalue weighted by Gasteiger charge is -2.36. The summed E-state index contributed by atoms with van der Waals surface area (Å²) in [4.78, 5) is 15.0. The van der Waals surface area contributed by atoms with Gasteiger partial charge in [0.05, 0.1) is 5.56 Å². The maximum Gasteiger partial charge on any atom is 0.254 e. The van der Waals surface area contributed by atoms with Crippen molar-refractivity contribution in [2.45, 2.75) is 32.2 Å². The molecular weight excluding hydrogens is 369 g/mol. The molecule has 3 rings (SSSR count). The number of ether oxygens (including phenoxy) is 1. The summed E-state index contributed by atoms with van der Waals surface area (Å²) in [7, 11) is 2.09. The first-order valence-corrected chi connectivity index (χ1v) is 10.3. The summed E-state index contributed by atoms with van der Waals surface area (Å²) in [6.45, 7) is 4.57. The van der Waals surface area contributed by atoms with Crippen molar-refractivity contribution in [1.29, 1.82) is 0 Å². The molecule has 0 aliphatic carbocycles. The molecule has 29 heavy (non-hydrogen) atoms. The highest BCUT2D eigenvalue weighted by atomic mass is 19.1. The van der Waals surface area contributed by atoms with Gasteiger partial charge in [-0.05, 0) is 74.8 Å². The van der Waals surface area contributed by atoms with Crippen LogP contribution in [0.15, 0.2) is 42.5 Å². The van der Waals surface area contributed by atoms with Gasteiger partial charge in [0.2, 0.25) is 0 Å². The molecule has 5 nitrogen and oxygen atoms in total. The van der Waals surface area contributed by atoms with Gasteiger partial charge in [-0.15, -0.1) is 0 Å². The van der Waals surface area contributed by atoms with E-state index in [1.807, 2.05) is 24.3 Å². The van der Waals surface area contributed by atoms with Crippen molar-refractivity contribution >= 4 is 5.91 Å². The van der Waals surface area contributed by atoms with Crippen molar-refractivity contribution < 1.29 is 13.9 Å². The van der Waals surface area contributed by atoms with Crippen molar-refractivity contribution in [3.8, 4) is 11.5 Å². The minimum absolute atomic E-state index is 0.0102. The van der Waals surface area contributed by atoms with Gasteiger partial charge in [-0.25, -0.2) is 4.39 Å². The van der Waals surface area contributed by atoms with Gasteiger partial charge in [-0.3, -0.25) is 4.79 Å². The van der Waals surface area contributed by atoms with Crippen LogP contribution in [0.25, 0.3) is 0 Å². The van der Waals surface area contributed by atoms with Crippen LogP contribution in [0.4, 0.5) is 4.39 Å². The minimum Gasteiger partial charge on any atom is -0.457 e. The van der Waals surface area contributed by atoms with Crippen molar-refractivity contribution in [3.63, 3.8) is 0 Å². The maximum atomic E-state index is 14.4. The fourth-order valence-corrected chi connectivity index (χ4v) is 3.83. The Morgan fingerprint density at radius 2 is 1.97 bits per heavy atom. The Labute approximate surface area is 172 Å². The van der Waals surface area contributed by atoms with Crippen LogP contribution in [0, 0.1) is 11.7 Å². The topological polar surface area (TPSA) is 67.6 Å². The second kappa shape index (κ2) is 9.85. The van der Waals surface area contributed by atoms with Crippen LogP contribution in [0.1, 0.15) is 35.7 Å². The largest absolute Gasteiger partial charge is 0.457 e. The summed E-state index contributed by atoms with van der Waals surface area (Å²) >= 11 is 0. The molecule has 2 atom stereocenters. The van der Waals surface area contributed by atoms with E-state index in [0.29, 0.717) is 24.0 Å². The first kappa shape index (κ1) is 21.3. The molecule has 2 aromatic carbocycles. The van der Waals surface area contributed by atoms with Gasteiger partial charge in [0, 0.05) is 12.6 Å². The van der Waals surface area contributed by atoms with Gasteiger partial charge < -0.3 is 20.7 Å². The lowest BCUT2D eigenvalue weighted by molar-refractivity contribution is 0.0867. The third-order valence-corrected chi connectivity index (χ3v) is 5.55. The maximum absolute atomic E-state index is 14.4. The van der Waals surface area contributed by atoms with Crippen molar-refractivity contribution in [2.75, 3.05) is 26.7 Å². The molecule has 0 bridgehead atoms. The molecule has 0 unspecified atom stereocenters. The number of nitrogens with one attached hydrogen (secondary N) is 1. The molecule has 0 spiro atoms. The highest BCUT2D eigenvalue weighted by Gasteiger charge is 2.28. The van der Waals surface area contributed by atoms with E-state index in [1.54, 1.807) is 0 Å². The Balaban J connectivity index is 1.70. The summed E-state index contributed by atoms with van der Waals surface area (Å²) in [5.74, 6) is 0.490. The molecule has 1 saturated heterocycles. The third kappa shape index (κ3) is 5.55. The Morgan fingerprint density at radius 1 is 1.24 bits per heavy atom. The van der Waals surface area contributed by atoms with Crippen LogP contribution < -0.4 is 15.8 Å². The predicted octanol–water partition coefficient (Wildman–Crippen LogP) is 3.58. The number of nitrogens with zero attached hydrogens (tertiary/aromatic N) is 1. The zero-order valence-corrected chi connectivity index (χ0v) is 17.2. The summed E-state index contributed by atoms with van der Waals surface area (Å²) in [6.07, 6.45) is 2.64. The van der Waals surface area contributed by atoms with Crippen LogP contribution in [-0.4, -0.2) is 43.5 Å². The fourth-order valence-electron chi connectivity index (χ4n) is 3.83. The Bertz CT molecular complexity index is 825. The Morgan fingerprint density at radius 3 is 2.66 bits per heavy atom. The molecule has 1 aliphatic rings. The summed E-state index contributed by atoms with van der Waals surface area (Å²) in [5, 5.41) is 3.04. The number of rotatable bonds is 7. The first-order valence-electron chi connectivity index (χ1n) is 10.3. The molecule has 1 fully saturated rings. The molecule has 0 saturated carbocycles. The number of carbonyl (C=O) groups excluding carboxylic acids is 1. The first-order chi connectivity index (χ1) is 14.0. The number of nitrogens with two attached hydrogens (primary N) is 1. The van der Waals surface area contributed by atoms with Gasteiger partial charge in [-0.2, -0.15) is 0 Å². The summed E-state index contributed by atoms with van der Waals surface area (Å²) in [5.41, 5.74) is 6.70. The number of amides is 1. The van der Waals surface area contributed by atoms with Crippen LogP contribution in [0.3, 0.4) is 0 Å². The number of hydrogen-bond acceptors (Lipinski definition) is 4. The number of likely N-dealkylation sites (tertiary alicyclic amines) is 1. The lowest BCUT2D eigenvalue weighted by atomic mass is 9.90. The van der Waals surface area contributed by atoms with Crippen molar-refractivity contribution in [1.82, 2.24) is 10.2 Å². The van der Waals surface area contributed by atoms with Gasteiger partial charge in [0.1, 0.15) is 17.3 Å². The fraction of sp³-hybridized carbons (Fsp3) is 0.435. The summed E-state index contributed by atoms with van der Waals surface area (Å²) in [6, 6.07) is 11.9. The van der Waals surface area contributed by atoms with Gasteiger partial charge in [0.15, 0.2) is 0 Å². The molecule has 0 radical (unpaired) electrons. The molecule has 1 heterocycles. The van der Waals surface area contributed by atoms with Crippen LogP contribution >= 0.6 is 0 Å². The average Bonchev–Trinajstić information content (AvgIpc) is 2.72. The molecule has 156 valence electrons. The van der Waals surface area contributed by atoms with Crippen molar-refractivity contribution in [3.05, 3.63) is 59.4 Å². The van der Waals surface area contributed by atoms with Crippen molar-refractivity contribution in [2.24, 2.45) is 11.7 Å². The second-order valence-electron chi connectivity index (χ2n) is 7.73. The minimum atomic E-state index is -0.547. The zero-order chi connectivity index (χ0) is 20.8. The quantitative estimate of drug-likeness (QED) is 0.747. The smallest absolute Gasteiger partial charge is 0.254 e. The number of carbonyl (C=O) groups is 1. The van der Waals surface area contributed by atoms with E-state index in [0.717, 1.165) is 37.9 Å². The van der Waals surface area contributed by atoms with Crippen LogP contribution in [-0.2, 0) is 6.42 Å². The van der Waals surface area contributed by atoms with E-state index in [4.69, 9.17) is 10.5 Å². The number of piperidine rings is 1. The molecule has 1 aliphatic heterocycles. The van der Waals surface area contributed by atoms with E-state index in [-0.39, 0.29) is 17.5 Å². The highest BCUT2D eigenvalue weighted by molar-refractivity contribution is 5.95.